The summed E-state index contributed by atoms with van der Waals surface area (Å²) in [5.41, 5.74) is -0.598. The zero-order valence-electron chi connectivity index (χ0n) is 7.06. The van der Waals surface area contributed by atoms with E-state index < -0.39 is 11.6 Å². The molecule has 12 heavy (non-hydrogen) atoms. The second kappa shape index (κ2) is 2.98. The first-order valence-electron chi connectivity index (χ1n) is 3.79. The molecule has 0 fully saturated rings. The Bertz CT molecular complexity index is 247. The average molecular weight is 191 g/mol. The van der Waals surface area contributed by atoms with Gasteiger partial charge < -0.3 is 9.84 Å². The molecular weight excluding hydrogens is 180 g/mol. The Morgan fingerprint density at radius 3 is 2.75 bits per heavy atom. The minimum absolute atomic E-state index is 0.0720. The molecule has 1 aliphatic heterocycles. The van der Waals surface area contributed by atoms with Gasteiger partial charge >= 0.3 is 5.97 Å². The van der Waals surface area contributed by atoms with E-state index in [0.717, 1.165) is 0 Å². The smallest absolute Gasteiger partial charge is 0.353 e. The summed E-state index contributed by atoms with van der Waals surface area (Å²) in [5, 5.41) is 9.07. The number of rotatable bonds is 1. The van der Waals surface area contributed by atoms with Crippen LogP contribution in [0.5, 0.6) is 0 Å². The molecule has 1 aliphatic rings. The molecule has 3 nitrogen and oxygen atoms in total. The average Bonchev–Trinajstić information content (AvgIpc) is 2.00. The highest BCUT2D eigenvalue weighted by Crippen LogP contribution is 2.32. The fourth-order valence-corrected chi connectivity index (χ4v) is 1.16. The molecule has 0 aromatic heterocycles. The number of carbonyl (C=O) groups excluding carboxylic acids is 1. The van der Waals surface area contributed by atoms with E-state index in [2.05, 4.69) is 0 Å². The highest BCUT2D eigenvalue weighted by Gasteiger charge is 2.36. The van der Waals surface area contributed by atoms with Crippen LogP contribution in [0, 0.1) is 0 Å². The molecule has 0 aromatic carbocycles. The molecule has 1 atom stereocenters. The first-order chi connectivity index (χ1) is 5.48. The summed E-state index contributed by atoms with van der Waals surface area (Å²) in [7, 11) is 0. The highest BCUT2D eigenvalue weighted by molar-refractivity contribution is 6.41. The predicted octanol–water partition coefficient (Wildman–Crippen LogP) is 2.11. The summed E-state index contributed by atoms with van der Waals surface area (Å²) >= 11 is 5.46. The molecule has 0 radical (unpaired) electrons. The van der Waals surface area contributed by atoms with Gasteiger partial charge in [0.2, 0.25) is 0 Å². The lowest BCUT2D eigenvalue weighted by Gasteiger charge is -2.31. The van der Waals surface area contributed by atoms with Gasteiger partial charge in [-0.25, -0.2) is 4.79 Å². The number of aliphatic hydroxyl groups excluding tert-OH is 1. The van der Waals surface area contributed by atoms with E-state index in [1.165, 1.54) is 0 Å². The van der Waals surface area contributed by atoms with E-state index in [9.17, 15) is 9.90 Å². The Balaban J connectivity index is 2.92. The van der Waals surface area contributed by atoms with Gasteiger partial charge in [-0.3, -0.25) is 0 Å². The third kappa shape index (κ3) is 1.55. The fourth-order valence-electron chi connectivity index (χ4n) is 1.05. The van der Waals surface area contributed by atoms with Crippen molar-refractivity contribution in [2.24, 2.45) is 0 Å². The van der Waals surface area contributed by atoms with Gasteiger partial charge in [-0.2, -0.15) is 0 Å². The summed E-state index contributed by atoms with van der Waals surface area (Å²) in [6, 6.07) is 0. The Hall–Kier alpha value is -0.700. The molecule has 0 aliphatic carbocycles. The maximum Gasteiger partial charge on any atom is 0.353 e. The Kier molecular flexibility index (Phi) is 2.33. The van der Waals surface area contributed by atoms with Crippen molar-refractivity contribution >= 4 is 17.6 Å². The van der Waals surface area contributed by atoms with E-state index in [4.69, 9.17) is 16.3 Å². The normalized spacial score (nSPS) is 30.4. The van der Waals surface area contributed by atoms with Crippen molar-refractivity contribution in [2.75, 3.05) is 0 Å². The summed E-state index contributed by atoms with van der Waals surface area (Å²) in [6.07, 6.45) is 0.959. The van der Waals surface area contributed by atoms with Crippen LogP contribution in [-0.2, 0) is 9.53 Å². The van der Waals surface area contributed by atoms with Gasteiger partial charge in [0.15, 0.2) is 5.03 Å². The van der Waals surface area contributed by atoms with Gasteiger partial charge in [-0.1, -0.05) is 18.5 Å². The van der Waals surface area contributed by atoms with Crippen molar-refractivity contribution in [1.82, 2.24) is 0 Å². The van der Waals surface area contributed by atoms with Crippen molar-refractivity contribution in [2.45, 2.75) is 32.3 Å². The third-order valence-electron chi connectivity index (χ3n) is 2.06. The van der Waals surface area contributed by atoms with E-state index in [1.54, 1.807) is 6.92 Å². The van der Waals surface area contributed by atoms with Crippen LogP contribution in [0.25, 0.3) is 0 Å². The molecule has 1 heterocycles. The monoisotopic (exact) mass is 190 g/mol. The highest BCUT2D eigenvalue weighted by atomic mass is 35.5. The van der Waals surface area contributed by atoms with E-state index >= 15 is 0 Å². The zero-order valence-corrected chi connectivity index (χ0v) is 7.81. The second-order valence-electron chi connectivity index (χ2n) is 3.13. The fraction of sp³-hybridized carbons (Fsp3) is 0.625. The van der Waals surface area contributed by atoms with Gasteiger partial charge in [0, 0.05) is 6.42 Å². The molecule has 0 amide bonds. The van der Waals surface area contributed by atoms with E-state index in [1.807, 2.05) is 6.92 Å². The predicted molar refractivity (Wildman–Crippen MR) is 44.9 cm³/mol. The van der Waals surface area contributed by atoms with Crippen LogP contribution in [0.15, 0.2) is 10.8 Å². The van der Waals surface area contributed by atoms with E-state index in [-0.39, 0.29) is 10.8 Å². The zero-order chi connectivity index (χ0) is 9.35. The van der Waals surface area contributed by atoms with Gasteiger partial charge in [-0.05, 0) is 13.3 Å². The summed E-state index contributed by atoms with van der Waals surface area (Å²) in [6.45, 7) is 3.66. The maximum atomic E-state index is 11.0. The molecule has 4 heteroatoms. The Labute approximate surface area is 76.0 Å². The van der Waals surface area contributed by atoms with Crippen LogP contribution in [0.2, 0.25) is 0 Å². The van der Waals surface area contributed by atoms with Gasteiger partial charge in [0.25, 0.3) is 0 Å². The molecule has 0 saturated heterocycles. The molecule has 1 N–H and O–H groups in total. The Morgan fingerprint density at radius 1 is 1.75 bits per heavy atom. The minimum atomic E-state index is -0.634. The molecule has 0 aromatic rings. The van der Waals surface area contributed by atoms with Gasteiger partial charge in [0.05, 0.1) is 0 Å². The lowest BCUT2D eigenvalue weighted by atomic mass is 9.95. The first-order valence-corrected chi connectivity index (χ1v) is 4.17. The number of cyclic esters (lactones) is 1. The Morgan fingerprint density at radius 2 is 2.33 bits per heavy atom. The third-order valence-corrected chi connectivity index (χ3v) is 2.43. The quantitative estimate of drug-likeness (QED) is 0.645. The van der Waals surface area contributed by atoms with Crippen molar-refractivity contribution in [3.8, 4) is 0 Å². The summed E-state index contributed by atoms with van der Waals surface area (Å²) < 4.78 is 5.02. The SMILES string of the molecule is CC[C@@]1(C)CC(O)=C(Cl)C(=O)O1. The van der Waals surface area contributed by atoms with Crippen LogP contribution < -0.4 is 0 Å². The largest absolute Gasteiger partial charge is 0.510 e. The minimum Gasteiger partial charge on any atom is -0.510 e. The summed E-state index contributed by atoms with van der Waals surface area (Å²) in [4.78, 5) is 11.0. The maximum absolute atomic E-state index is 11.0. The lowest BCUT2D eigenvalue weighted by Crippen LogP contribution is -2.35. The molecule has 0 bridgehead atoms. The molecule has 0 unspecified atom stereocenters. The van der Waals surface area contributed by atoms with Crippen LogP contribution >= 0.6 is 11.6 Å². The molecule has 68 valence electrons. The van der Waals surface area contributed by atoms with Crippen molar-refractivity contribution < 1.29 is 14.6 Å². The van der Waals surface area contributed by atoms with Crippen LogP contribution in [0.1, 0.15) is 26.7 Å². The first kappa shape index (κ1) is 9.39. The second-order valence-corrected chi connectivity index (χ2v) is 3.51. The van der Waals surface area contributed by atoms with E-state index in [0.29, 0.717) is 12.8 Å². The molecule has 0 saturated carbocycles. The standard InChI is InChI=1S/C8H11ClO3/c1-3-8(2)4-5(10)6(9)7(11)12-8/h10H,3-4H2,1-2H3/t8-/m0/s1. The number of halogens is 1. The van der Waals surface area contributed by atoms with Gasteiger partial charge in [-0.15, -0.1) is 0 Å². The number of esters is 1. The van der Waals surface area contributed by atoms with Crippen molar-refractivity contribution in [3.63, 3.8) is 0 Å². The molecule has 0 spiro atoms. The lowest BCUT2D eigenvalue weighted by molar-refractivity contribution is -0.155. The van der Waals surface area contributed by atoms with Crippen LogP contribution in [0.3, 0.4) is 0 Å². The topological polar surface area (TPSA) is 46.5 Å². The number of ether oxygens (including phenoxy) is 1. The number of hydrogen-bond donors (Lipinski definition) is 1. The van der Waals surface area contributed by atoms with Crippen LogP contribution in [0.4, 0.5) is 0 Å². The number of carbonyl (C=O) groups is 1. The number of hydrogen-bond acceptors (Lipinski definition) is 3. The molecular formula is C8H11ClO3. The van der Waals surface area contributed by atoms with Crippen molar-refractivity contribution in [3.05, 3.63) is 10.8 Å². The van der Waals surface area contributed by atoms with Crippen LogP contribution in [-0.4, -0.2) is 16.7 Å². The molecule has 1 rings (SSSR count). The van der Waals surface area contributed by atoms with Crippen molar-refractivity contribution in [1.29, 1.82) is 0 Å². The number of aliphatic hydroxyl groups is 1. The van der Waals surface area contributed by atoms with Gasteiger partial charge in [0.1, 0.15) is 11.4 Å². The summed E-state index contributed by atoms with van der Waals surface area (Å²) in [5.74, 6) is -0.706.